The molecule has 3 unspecified atom stereocenters. The van der Waals surface area contributed by atoms with Crippen molar-refractivity contribution in [1.29, 1.82) is 0 Å². The Balaban J connectivity index is 1.94. The summed E-state index contributed by atoms with van der Waals surface area (Å²) in [6.07, 6.45) is 5.39. The molecule has 3 atom stereocenters. The number of nitrogens with two attached hydrogens (primary N) is 1. The summed E-state index contributed by atoms with van der Waals surface area (Å²) in [6, 6.07) is 0.617. The predicted octanol–water partition coefficient (Wildman–Crippen LogP) is 1.76. The second-order valence-corrected chi connectivity index (χ2v) is 6.05. The van der Waals surface area contributed by atoms with Crippen LogP contribution >= 0.6 is 0 Å². The molecule has 0 spiro atoms. The Morgan fingerprint density at radius 1 is 1.44 bits per heavy atom. The molecule has 2 rings (SSSR count). The van der Waals surface area contributed by atoms with Crippen LogP contribution in [0.2, 0.25) is 0 Å². The standard InChI is InChI=1S/C13H24N2O/c1-9(13(2)6-7-13)15(3)12(16)10-4-5-11(14)8-10/h9-11H,4-8,14H2,1-3H3. The molecule has 0 radical (unpaired) electrons. The van der Waals surface area contributed by atoms with Crippen molar-refractivity contribution in [3.05, 3.63) is 0 Å². The Labute approximate surface area is 98.4 Å². The zero-order valence-corrected chi connectivity index (χ0v) is 10.7. The molecule has 0 heterocycles. The van der Waals surface area contributed by atoms with Crippen LogP contribution < -0.4 is 5.73 Å². The lowest BCUT2D eigenvalue weighted by atomic mass is 9.97. The van der Waals surface area contributed by atoms with Gasteiger partial charge in [0, 0.05) is 25.0 Å². The van der Waals surface area contributed by atoms with Gasteiger partial charge in [0.1, 0.15) is 0 Å². The first-order chi connectivity index (χ1) is 7.44. The summed E-state index contributed by atoms with van der Waals surface area (Å²) in [4.78, 5) is 14.2. The van der Waals surface area contributed by atoms with E-state index in [2.05, 4.69) is 13.8 Å². The molecular weight excluding hydrogens is 200 g/mol. The van der Waals surface area contributed by atoms with Crippen molar-refractivity contribution in [2.24, 2.45) is 17.1 Å². The van der Waals surface area contributed by atoms with Crippen LogP contribution in [0.3, 0.4) is 0 Å². The maximum atomic E-state index is 12.3. The van der Waals surface area contributed by atoms with Crippen LogP contribution in [-0.2, 0) is 4.79 Å². The molecule has 2 saturated carbocycles. The monoisotopic (exact) mass is 224 g/mol. The van der Waals surface area contributed by atoms with Crippen LogP contribution in [0.15, 0.2) is 0 Å². The third-order valence-corrected chi connectivity index (χ3v) is 4.80. The molecule has 16 heavy (non-hydrogen) atoms. The lowest BCUT2D eigenvalue weighted by Gasteiger charge is -2.32. The molecule has 0 saturated heterocycles. The largest absolute Gasteiger partial charge is 0.342 e. The first kappa shape index (κ1) is 11.9. The van der Waals surface area contributed by atoms with E-state index in [1.165, 1.54) is 12.8 Å². The summed E-state index contributed by atoms with van der Waals surface area (Å²) in [6.45, 7) is 4.46. The van der Waals surface area contributed by atoms with Crippen molar-refractivity contribution in [3.8, 4) is 0 Å². The predicted molar refractivity (Wildman–Crippen MR) is 64.9 cm³/mol. The maximum absolute atomic E-state index is 12.3. The number of carbonyl (C=O) groups excluding carboxylic acids is 1. The Bertz CT molecular complexity index is 286. The quantitative estimate of drug-likeness (QED) is 0.794. The zero-order chi connectivity index (χ0) is 11.9. The third-order valence-electron chi connectivity index (χ3n) is 4.80. The first-order valence-electron chi connectivity index (χ1n) is 6.46. The Morgan fingerprint density at radius 3 is 2.50 bits per heavy atom. The van der Waals surface area contributed by atoms with Crippen LogP contribution in [0.4, 0.5) is 0 Å². The summed E-state index contributed by atoms with van der Waals surface area (Å²) in [7, 11) is 1.96. The highest BCUT2D eigenvalue weighted by molar-refractivity contribution is 5.79. The number of hydrogen-bond donors (Lipinski definition) is 1. The fourth-order valence-electron chi connectivity index (χ4n) is 2.80. The molecule has 0 aromatic heterocycles. The van der Waals surface area contributed by atoms with Crippen molar-refractivity contribution in [2.45, 2.75) is 58.0 Å². The van der Waals surface area contributed by atoms with Crippen LogP contribution in [0.5, 0.6) is 0 Å². The normalized spacial score (nSPS) is 33.5. The molecule has 3 heteroatoms. The van der Waals surface area contributed by atoms with Gasteiger partial charge in [-0.15, -0.1) is 0 Å². The summed E-state index contributed by atoms with van der Waals surface area (Å²) >= 11 is 0. The number of nitrogens with zero attached hydrogens (tertiary/aromatic N) is 1. The van der Waals surface area contributed by atoms with E-state index in [4.69, 9.17) is 5.73 Å². The molecule has 3 nitrogen and oxygen atoms in total. The molecule has 0 aliphatic heterocycles. The van der Waals surface area contributed by atoms with Gasteiger partial charge in [-0.25, -0.2) is 0 Å². The molecule has 2 N–H and O–H groups in total. The molecule has 0 bridgehead atoms. The molecule has 92 valence electrons. The third kappa shape index (κ3) is 2.10. The molecule has 2 aliphatic carbocycles. The topological polar surface area (TPSA) is 46.3 Å². The molecule has 2 fully saturated rings. The highest BCUT2D eigenvalue weighted by Gasteiger charge is 2.46. The summed E-state index contributed by atoms with van der Waals surface area (Å²) in [5.74, 6) is 0.498. The summed E-state index contributed by atoms with van der Waals surface area (Å²) in [5.41, 5.74) is 6.25. The van der Waals surface area contributed by atoms with Gasteiger partial charge in [0.25, 0.3) is 0 Å². The molecule has 0 aromatic rings. The second kappa shape index (κ2) is 4.02. The zero-order valence-electron chi connectivity index (χ0n) is 10.7. The van der Waals surface area contributed by atoms with Crippen LogP contribution in [0, 0.1) is 11.3 Å². The number of rotatable bonds is 3. The average molecular weight is 224 g/mol. The molecule has 0 aromatic carbocycles. The highest BCUT2D eigenvalue weighted by Crippen LogP contribution is 2.49. The highest BCUT2D eigenvalue weighted by atomic mass is 16.2. The first-order valence-corrected chi connectivity index (χ1v) is 6.46. The SMILES string of the molecule is CC(N(C)C(=O)C1CCC(N)C1)C1(C)CC1. The second-order valence-electron chi connectivity index (χ2n) is 6.05. The fraction of sp³-hybridized carbons (Fsp3) is 0.923. The average Bonchev–Trinajstić information content (AvgIpc) is 2.86. The van der Waals surface area contributed by atoms with E-state index in [9.17, 15) is 4.79 Å². The van der Waals surface area contributed by atoms with E-state index in [-0.39, 0.29) is 12.0 Å². The Kier molecular flexibility index (Phi) is 2.99. The van der Waals surface area contributed by atoms with Crippen LogP contribution in [-0.4, -0.2) is 29.9 Å². The van der Waals surface area contributed by atoms with E-state index in [0.717, 1.165) is 19.3 Å². The van der Waals surface area contributed by atoms with Crippen LogP contribution in [0.1, 0.15) is 46.0 Å². The number of hydrogen-bond acceptors (Lipinski definition) is 2. The summed E-state index contributed by atoms with van der Waals surface area (Å²) in [5, 5.41) is 0. The minimum atomic E-state index is 0.185. The molecule has 2 aliphatic rings. The van der Waals surface area contributed by atoms with Gasteiger partial charge in [0.15, 0.2) is 0 Å². The van der Waals surface area contributed by atoms with E-state index in [1.807, 2.05) is 11.9 Å². The van der Waals surface area contributed by atoms with Crippen molar-refractivity contribution in [1.82, 2.24) is 4.90 Å². The van der Waals surface area contributed by atoms with E-state index < -0.39 is 0 Å². The van der Waals surface area contributed by atoms with Gasteiger partial charge in [-0.3, -0.25) is 4.79 Å². The molecular formula is C13H24N2O. The maximum Gasteiger partial charge on any atom is 0.225 e. The Morgan fingerprint density at radius 2 is 2.06 bits per heavy atom. The number of amides is 1. The minimum Gasteiger partial charge on any atom is -0.342 e. The van der Waals surface area contributed by atoms with Crippen LogP contribution in [0.25, 0.3) is 0 Å². The van der Waals surface area contributed by atoms with Gasteiger partial charge >= 0.3 is 0 Å². The lowest BCUT2D eigenvalue weighted by molar-refractivity contribution is -0.137. The van der Waals surface area contributed by atoms with E-state index in [0.29, 0.717) is 17.4 Å². The van der Waals surface area contributed by atoms with Gasteiger partial charge in [0.05, 0.1) is 0 Å². The summed E-state index contributed by atoms with van der Waals surface area (Å²) < 4.78 is 0. The van der Waals surface area contributed by atoms with Crippen molar-refractivity contribution in [2.75, 3.05) is 7.05 Å². The van der Waals surface area contributed by atoms with E-state index in [1.54, 1.807) is 0 Å². The van der Waals surface area contributed by atoms with Crippen molar-refractivity contribution >= 4 is 5.91 Å². The smallest absolute Gasteiger partial charge is 0.225 e. The Hall–Kier alpha value is -0.570. The number of carbonyl (C=O) groups is 1. The van der Waals surface area contributed by atoms with Gasteiger partial charge in [-0.05, 0) is 44.4 Å². The fourth-order valence-corrected chi connectivity index (χ4v) is 2.80. The van der Waals surface area contributed by atoms with Gasteiger partial charge in [-0.2, -0.15) is 0 Å². The lowest BCUT2D eigenvalue weighted by Crippen LogP contribution is -2.42. The minimum absolute atomic E-state index is 0.185. The van der Waals surface area contributed by atoms with Crippen molar-refractivity contribution < 1.29 is 4.79 Å². The van der Waals surface area contributed by atoms with Gasteiger partial charge in [0.2, 0.25) is 5.91 Å². The van der Waals surface area contributed by atoms with Gasteiger partial charge in [-0.1, -0.05) is 6.92 Å². The van der Waals surface area contributed by atoms with Gasteiger partial charge < -0.3 is 10.6 Å². The van der Waals surface area contributed by atoms with E-state index >= 15 is 0 Å². The molecule has 1 amide bonds. The van der Waals surface area contributed by atoms with Crippen molar-refractivity contribution in [3.63, 3.8) is 0 Å².